The van der Waals surface area contributed by atoms with Gasteiger partial charge in [0.25, 0.3) is 5.91 Å². The molecular formula is C15H13BrN2O5. The van der Waals surface area contributed by atoms with Gasteiger partial charge in [0, 0.05) is 18.0 Å². The van der Waals surface area contributed by atoms with Crippen molar-refractivity contribution in [2.75, 3.05) is 25.6 Å². The molecule has 0 atom stereocenters. The molecule has 0 saturated heterocycles. The van der Waals surface area contributed by atoms with Crippen molar-refractivity contribution in [2.45, 2.75) is 0 Å². The van der Waals surface area contributed by atoms with E-state index in [-0.39, 0.29) is 11.1 Å². The van der Waals surface area contributed by atoms with Gasteiger partial charge < -0.3 is 24.5 Å². The molecule has 1 aliphatic rings. The van der Waals surface area contributed by atoms with E-state index in [1.165, 1.54) is 25.6 Å². The predicted octanol–water partition coefficient (Wildman–Crippen LogP) is 2.17. The van der Waals surface area contributed by atoms with Gasteiger partial charge in [0.2, 0.25) is 11.2 Å². The highest BCUT2D eigenvalue weighted by atomic mass is 79.9. The molecule has 23 heavy (non-hydrogen) atoms. The number of amides is 1. The van der Waals surface area contributed by atoms with Crippen molar-refractivity contribution in [3.05, 3.63) is 44.8 Å². The molecule has 0 fully saturated rings. The number of aromatic amines is 1. The molecule has 7 nitrogen and oxygen atoms in total. The molecule has 0 unspecified atom stereocenters. The van der Waals surface area contributed by atoms with Crippen molar-refractivity contribution < 1.29 is 19.0 Å². The molecule has 0 aliphatic carbocycles. The highest BCUT2D eigenvalue weighted by Crippen LogP contribution is 2.40. The number of benzene rings is 1. The Morgan fingerprint density at radius 1 is 1.30 bits per heavy atom. The van der Waals surface area contributed by atoms with E-state index in [2.05, 4.69) is 26.2 Å². The van der Waals surface area contributed by atoms with Crippen LogP contribution >= 0.6 is 15.9 Å². The summed E-state index contributed by atoms with van der Waals surface area (Å²) < 4.78 is 16.5. The van der Waals surface area contributed by atoms with E-state index in [0.717, 1.165) is 0 Å². The fourth-order valence-electron chi connectivity index (χ4n) is 2.15. The Morgan fingerprint density at radius 3 is 2.87 bits per heavy atom. The SMILES string of the molecule is COc1cc(C(=O)Nc2c[nH]cc(Br)c2=O)cc2c1OCCO2. The summed E-state index contributed by atoms with van der Waals surface area (Å²) in [6.45, 7) is 0.814. The quantitative estimate of drug-likeness (QED) is 0.851. The molecule has 0 bridgehead atoms. The Hall–Kier alpha value is -2.48. The zero-order valence-corrected chi connectivity index (χ0v) is 13.7. The van der Waals surface area contributed by atoms with Crippen LogP contribution in [0.25, 0.3) is 0 Å². The van der Waals surface area contributed by atoms with Crippen LogP contribution in [0.2, 0.25) is 0 Å². The molecule has 2 heterocycles. The normalized spacial score (nSPS) is 12.6. The summed E-state index contributed by atoms with van der Waals surface area (Å²) in [5.74, 6) is 0.846. The van der Waals surface area contributed by atoms with Gasteiger partial charge in [0.15, 0.2) is 11.5 Å². The molecule has 0 saturated carbocycles. The molecule has 3 rings (SSSR count). The van der Waals surface area contributed by atoms with Crippen molar-refractivity contribution in [1.29, 1.82) is 0 Å². The molecule has 1 aromatic heterocycles. The number of hydrogen-bond acceptors (Lipinski definition) is 5. The smallest absolute Gasteiger partial charge is 0.256 e. The van der Waals surface area contributed by atoms with Crippen LogP contribution in [0.1, 0.15) is 10.4 Å². The van der Waals surface area contributed by atoms with Gasteiger partial charge in [-0.1, -0.05) is 0 Å². The van der Waals surface area contributed by atoms with Crippen LogP contribution in [0.4, 0.5) is 5.69 Å². The zero-order chi connectivity index (χ0) is 16.4. The van der Waals surface area contributed by atoms with Crippen molar-refractivity contribution >= 4 is 27.5 Å². The average molecular weight is 381 g/mol. The van der Waals surface area contributed by atoms with E-state index in [4.69, 9.17) is 14.2 Å². The van der Waals surface area contributed by atoms with Gasteiger partial charge in [-0.2, -0.15) is 0 Å². The first kappa shape index (κ1) is 15.4. The summed E-state index contributed by atoms with van der Waals surface area (Å²) in [6, 6.07) is 3.09. The fourth-order valence-corrected chi connectivity index (χ4v) is 2.50. The highest BCUT2D eigenvalue weighted by Gasteiger charge is 2.21. The second kappa shape index (κ2) is 6.33. The van der Waals surface area contributed by atoms with Gasteiger partial charge in [0.1, 0.15) is 18.9 Å². The number of aromatic nitrogens is 1. The molecule has 2 N–H and O–H groups in total. The zero-order valence-electron chi connectivity index (χ0n) is 12.1. The monoisotopic (exact) mass is 380 g/mol. The van der Waals surface area contributed by atoms with Crippen LogP contribution in [-0.4, -0.2) is 31.2 Å². The first-order chi connectivity index (χ1) is 11.1. The molecule has 1 aliphatic heterocycles. The summed E-state index contributed by atoms with van der Waals surface area (Å²) in [7, 11) is 1.48. The van der Waals surface area contributed by atoms with Crippen LogP contribution in [0.5, 0.6) is 17.2 Å². The van der Waals surface area contributed by atoms with Crippen LogP contribution < -0.4 is 25.0 Å². The Kier molecular flexibility index (Phi) is 4.24. The highest BCUT2D eigenvalue weighted by molar-refractivity contribution is 9.10. The molecule has 1 amide bonds. The maximum atomic E-state index is 12.4. The van der Waals surface area contributed by atoms with E-state index in [1.54, 1.807) is 6.07 Å². The first-order valence-corrected chi connectivity index (χ1v) is 7.55. The lowest BCUT2D eigenvalue weighted by Gasteiger charge is -2.21. The Balaban J connectivity index is 1.93. The van der Waals surface area contributed by atoms with E-state index in [1.807, 2.05) is 0 Å². The van der Waals surface area contributed by atoms with Crippen molar-refractivity contribution in [3.63, 3.8) is 0 Å². The summed E-state index contributed by atoms with van der Waals surface area (Å²) in [5, 5.41) is 2.56. The van der Waals surface area contributed by atoms with Gasteiger partial charge in [-0.05, 0) is 28.1 Å². The molecular weight excluding hydrogens is 368 g/mol. The summed E-state index contributed by atoms with van der Waals surface area (Å²) >= 11 is 3.11. The van der Waals surface area contributed by atoms with Crippen LogP contribution in [0, 0.1) is 0 Å². The van der Waals surface area contributed by atoms with Crippen molar-refractivity contribution in [2.24, 2.45) is 0 Å². The number of methoxy groups -OCH3 is 1. The number of pyridine rings is 1. The number of nitrogens with one attached hydrogen (secondary N) is 2. The third kappa shape index (κ3) is 3.02. The number of ether oxygens (including phenoxy) is 3. The van der Waals surface area contributed by atoms with Crippen LogP contribution in [0.15, 0.2) is 33.8 Å². The third-order valence-electron chi connectivity index (χ3n) is 3.24. The summed E-state index contributed by atoms with van der Waals surface area (Å²) in [6.07, 6.45) is 2.91. The second-order valence-electron chi connectivity index (χ2n) is 4.70. The standard InChI is InChI=1S/C15H13BrN2O5/c1-21-11-4-8(5-12-14(11)23-3-2-22-12)15(20)18-10-7-17-6-9(16)13(10)19/h4-7H,2-3H2,1H3,(H,17,19)(H,18,20). The molecule has 1 aromatic carbocycles. The van der Waals surface area contributed by atoms with Crippen LogP contribution in [0.3, 0.4) is 0 Å². The van der Waals surface area contributed by atoms with Gasteiger partial charge in [-0.15, -0.1) is 0 Å². The van der Waals surface area contributed by atoms with Crippen molar-refractivity contribution in [1.82, 2.24) is 4.98 Å². The van der Waals surface area contributed by atoms with E-state index < -0.39 is 5.91 Å². The second-order valence-corrected chi connectivity index (χ2v) is 5.56. The molecule has 2 aromatic rings. The molecule has 120 valence electrons. The maximum absolute atomic E-state index is 12.4. The lowest BCUT2D eigenvalue weighted by atomic mass is 10.1. The minimum Gasteiger partial charge on any atom is -0.493 e. The van der Waals surface area contributed by atoms with E-state index in [0.29, 0.717) is 40.5 Å². The minimum atomic E-state index is -0.455. The van der Waals surface area contributed by atoms with E-state index in [9.17, 15) is 9.59 Å². The lowest BCUT2D eigenvalue weighted by molar-refractivity contribution is 0.102. The number of carbonyl (C=O) groups is 1. The van der Waals surface area contributed by atoms with Crippen molar-refractivity contribution in [3.8, 4) is 17.2 Å². The maximum Gasteiger partial charge on any atom is 0.256 e. The number of H-pyrrole nitrogens is 1. The topological polar surface area (TPSA) is 89.7 Å². The summed E-state index contributed by atoms with van der Waals surface area (Å²) in [4.78, 5) is 27.1. The van der Waals surface area contributed by atoms with E-state index >= 15 is 0 Å². The number of anilines is 1. The number of halogens is 1. The number of fused-ring (bicyclic) bond motifs is 1. The van der Waals surface area contributed by atoms with Gasteiger partial charge in [-0.3, -0.25) is 9.59 Å². The Morgan fingerprint density at radius 2 is 2.09 bits per heavy atom. The van der Waals surface area contributed by atoms with Gasteiger partial charge in [-0.25, -0.2) is 0 Å². The average Bonchev–Trinajstić information content (AvgIpc) is 2.57. The first-order valence-electron chi connectivity index (χ1n) is 6.75. The third-order valence-corrected chi connectivity index (χ3v) is 3.83. The van der Waals surface area contributed by atoms with Gasteiger partial charge in [0.05, 0.1) is 11.6 Å². The largest absolute Gasteiger partial charge is 0.493 e. The summed E-state index contributed by atoms with van der Waals surface area (Å²) in [5.41, 5.74) is 0.116. The van der Waals surface area contributed by atoms with Crippen LogP contribution in [-0.2, 0) is 0 Å². The Labute approximate surface area is 139 Å². The number of rotatable bonds is 3. The minimum absolute atomic E-state index is 0.137. The predicted molar refractivity (Wildman–Crippen MR) is 86.7 cm³/mol. The fraction of sp³-hybridized carbons (Fsp3) is 0.200. The molecule has 0 radical (unpaired) electrons. The van der Waals surface area contributed by atoms with Gasteiger partial charge >= 0.3 is 0 Å². The Bertz CT molecular complexity index is 801. The molecule has 0 spiro atoms. The lowest BCUT2D eigenvalue weighted by Crippen LogP contribution is -2.20. The number of carbonyl (C=O) groups excluding carboxylic acids is 1. The molecule has 8 heteroatoms. The number of hydrogen-bond donors (Lipinski definition) is 2.